The van der Waals surface area contributed by atoms with E-state index in [4.69, 9.17) is 5.84 Å². The fraction of sp³-hybridized carbons (Fsp3) is 0.333. The Kier molecular flexibility index (Phi) is 5.78. The van der Waals surface area contributed by atoms with Gasteiger partial charge in [0.1, 0.15) is 0 Å². The number of aryl methyl sites for hydroxylation is 1. The number of nitrogens with zero attached hydrogens (tertiary/aromatic N) is 1. The van der Waals surface area contributed by atoms with E-state index in [-0.39, 0.29) is 6.04 Å². The van der Waals surface area contributed by atoms with E-state index < -0.39 is 0 Å². The molecule has 3 heteroatoms. The van der Waals surface area contributed by atoms with Crippen LogP contribution in [0.1, 0.15) is 30.0 Å². The Hall–Kier alpha value is -1.84. The van der Waals surface area contributed by atoms with Gasteiger partial charge in [0, 0.05) is 25.8 Å². The number of hydrogen-bond donors (Lipinski definition) is 2. The van der Waals surface area contributed by atoms with Gasteiger partial charge in [-0.1, -0.05) is 42.5 Å². The molecule has 0 aliphatic rings. The third-order valence-corrected chi connectivity index (χ3v) is 3.81. The van der Waals surface area contributed by atoms with Crippen LogP contribution in [0.2, 0.25) is 0 Å². The first kappa shape index (κ1) is 15.5. The summed E-state index contributed by atoms with van der Waals surface area (Å²) < 4.78 is 0. The van der Waals surface area contributed by atoms with E-state index in [0.29, 0.717) is 0 Å². The van der Waals surface area contributed by atoms with E-state index >= 15 is 0 Å². The predicted octanol–water partition coefficient (Wildman–Crippen LogP) is 3.28. The second kappa shape index (κ2) is 7.81. The molecule has 3 nitrogen and oxygen atoms in total. The number of hydrogen-bond acceptors (Lipinski definition) is 3. The van der Waals surface area contributed by atoms with Crippen LogP contribution in [0.4, 0.5) is 5.69 Å². The summed E-state index contributed by atoms with van der Waals surface area (Å²) in [5.41, 5.74) is 6.78. The van der Waals surface area contributed by atoms with Crippen molar-refractivity contribution in [2.24, 2.45) is 5.84 Å². The summed E-state index contributed by atoms with van der Waals surface area (Å²) in [6.45, 7) is 0. The average molecular weight is 283 g/mol. The SMILES string of the molecule is CN(C)c1ccc(C(CCCc2ccccc2)NN)cc1. The molecule has 0 fully saturated rings. The first-order chi connectivity index (χ1) is 10.2. The standard InChI is InChI=1S/C18H25N3/c1-21(2)17-13-11-16(12-14-17)18(20-19)10-6-9-15-7-4-3-5-8-15/h3-5,7-8,11-14,18,20H,6,9-10,19H2,1-2H3. The molecule has 2 aromatic rings. The van der Waals surface area contributed by atoms with E-state index in [1.165, 1.54) is 16.8 Å². The van der Waals surface area contributed by atoms with Crippen LogP contribution in [0.5, 0.6) is 0 Å². The van der Waals surface area contributed by atoms with Crippen LogP contribution in [0.15, 0.2) is 54.6 Å². The van der Waals surface area contributed by atoms with Gasteiger partial charge in [-0.2, -0.15) is 0 Å². The normalized spacial score (nSPS) is 12.1. The summed E-state index contributed by atoms with van der Waals surface area (Å²) in [7, 11) is 4.10. The van der Waals surface area contributed by atoms with E-state index in [9.17, 15) is 0 Å². The number of anilines is 1. The molecule has 0 saturated carbocycles. The summed E-state index contributed by atoms with van der Waals surface area (Å²) in [6, 6.07) is 19.4. The molecule has 0 aromatic heterocycles. The highest BCUT2D eigenvalue weighted by Gasteiger charge is 2.09. The Balaban J connectivity index is 1.90. The lowest BCUT2D eigenvalue weighted by Crippen LogP contribution is -2.28. The van der Waals surface area contributed by atoms with Crippen molar-refractivity contribution in [3.63, 3.8) is 0 Å². The van der Waals surface area contributed by atoms with E-state index in [0.717, 1.165) is 19.3 Å². The molecule has 1 unspecified atom stereocenters. The molecule has 112 valence electrons. The van der Waals surface area contributed by atoms with Crippen LogP contribution < -0.4 is 16.2 Å². The van der Waals surface area contributed by atoms with Crippen molar-refractivity contribution in [1.29, 1.82) is 0 Å². The lowest BCUT2D eigenvalue weighted by molar-refractivity contribution is 0.498. The van der Waals surface area contributed by atoms with Gasteiger partial charge in [-0.25, -0.2) is 0 Å². The largest absolute Gasteiger partial charge is 0.378 e. The van der Waals surface area contributed by atoms with Gasteiger partial charge in [0.25, 0.3) is 0 Å². The van der Waals surface area contributed by atoms with Crippen molar-refractivity contribution in [2.45, 2.75) is 25.3 Å². The second-order valence-corrected chi connectivity index (χ2v) is 5.58. The summed E-state index contributed by atoms with van der Waals surface area (Å²) in [5.74, 6) is 5.72. The van der Waals surface area contributed by atoms with Gasteiger partial charge in [-0.3, -0.25) is 11.3 Å². The monoisotopic (exact) mass is 283 g/mol. The number of rotatable bonds is 7. The van der Waals surface area contributed by atoms with Crippen molar-refractivity contribution in [2.75, 3.05) is 19.0 Å². The van der Waals surface area contributed by atoms with Crippen molar-refractivity contribution < 1.29 is 0 Å². The Morgan fingerprint density at radius 2 is 1.67 bits per heavy atom. The zero-order valence-corrected chi connectivity index (χ0v) is 12.9. The molecule has 2 rings (SSSR count). The highest BCUT2D eigenvalue weighted by molar-refractivity contribution is 5.46. The summed E-state index contributed by atoms with van der Waals surface area (Å²) in [5, 5.41) is 0. The Labute approximate surface area is 127 Å². The molecule has 0 saturated heterocycles. The fourth-order valence-corrected chi connectivity index (χ4v) is 2.51. The molecule has 0 aliphatic heterocycles. The lowest BCUT2D eigenvalue weighted by Gasteiger charge is -2.18. The summed E-state index contributed by atoms with van der Waals surface area (Å²) >= 11 is 0. The highest BCUT2D eigenvalue weighted by atomic mass is 15.2. The molecular weight excluding hydrogens is 258 g/mol. The zero-order valence-electron chi connectivity index (χ0n) is 12.9. The molecule has 0 amide bonds. The summed E-state index contributed by atoms with van der Waals surface area (Å²) in [4.78, 5) is 2.10. The number of hydrazine groups is 1. The van der Waals surface area contributed by atoms with Crippen molar-refractivity contribution >= 4 is 5.69 Å². The molecule has 0 spiro atoms. The minimum Gasteiger partial charge on any atom is -0.378 e. The van der Waals surface area contributed by atoms with Crippen LogP contribution in [0, 0.1) is 0 Å². The number of nitrogens with one attached hydrogen (secondary N) is 1. The minimum absolute atomic E-state index is 0.213. The fourth-order valence-electron chi connectivity index (χ4n) is 2.51. The van der Waals surface area contributed by atoms with E-state index in [1.54, 1.807) is 0 Å². The van der Waals surface area contributed by atoms with Gasteiger partial charge >= 0.3 is 0 Å². The van der Waals surface area contributed by atoms with E-state index in [1.807, 2.05) is 14.1 Å². The smallest absolute Gasteiger partial charge is 0.0460 e. The lowest BCUT2D eigenvalue weighted by atomic mass is 9.99. The van der Waals surface area contributed by atoms with Crippen LogP contribution >= 0.6 is 0 Å². The second-order valence-electron chi connectivity index (χ2n) is 5.58. The molecule has 2 aromatic carbocycles. The molecule has 21 heavy (non-hydrogen) atoms. The maximum Gasteiger partial charge on any atom is 0.0460 e. The van der Waals surface area contributed by atoms with Crippen molar-refractivity contribution in [3.05, 3.63) is 65.7 Å². The van der Waals surface area contributed by atoms with Crippen LogP contribution in [0.3, 0.4) is 0 Å². The zero-order chi connectivity index (χ0) is 15.1. The van der Waals surface area contributed by atoms with Crippen molar-refractivity contribution in [1.82, 2.24) is 5.43 Å². The van der Waals surface area contributed by atoms with Gasteiger partial charge in [0.05, 0.1) is 0 Å². The molecule has 0 heterocycles. The third-order valence-electron chi connectivity index (χ3n) is 3.81. The van der Waals surface area contributed by atoms with Gasteiger partial charge in [0.15, 0.2) is 0 Å². The Bertz CT molecular complexity index is 520. The quantitative estimate of drug-likeness (QED) is 0.605. The van der Waals surface area contributed by atoms with Gasteiger partial charge in [0.2, 0.25) is 0 Å². The topological polar surface area (TPSA) is 41.3 Å². The minimum atomic E-state index is 0.213. The maximum absolute atomic E-state index is 5.72. The maximum atomic E-state index is 5.72. The van der Waals surface area contributed by atoms with Crippen LogP contribution in [-0.2, 0) is 6.42 Å². The first-order valence-corrected chi connectivity index (χ1v) is 7.48. The summed E-state index contributed by atoms with van der Waals surface area (Å²) in [6.07, 6.45) is 3.25. The van der Waals surface area contributed by atoms with Gasteiger partial charge < -0.3 is 4.90 Å². The van der Waals surface area contributed by atoms with Crippen LogP contribution in [0.25, 0.3) is 0 Å². The number of benzene rings is 2. The average Bonchev–Trinajstić information content (AvgIpc) is 2.53. The number of nitrogens with two attached hydrogens (primary N) is 1. The van der Waals surface area contributed by atoms with Gasteiger partial charge in [-0.05, 0) is 42.5 Å². The molecule has 1 atom stereocenters. The van der Waals surface area contributed by atoms with E-state index in [2.05, 4.69) is 64.9 Å². The Morgan fingerprint density at radius 1 is 1.00 bits per heavy atom. The highest BCUT2D eigenvalue weighted by Crippen LogP contribution is 2.21. The first-order valence-electron chi connectivity index (χ1n) is 7.48. The van der Waals surface area contributed by atoms with Gasteiger partial charge in [-0.15, -0.1) is 0 Å². The Morgan fingerprint density at radius 3 is 2.24 bits per heavy atom. The molecule has 0 aliphatic carbocycles. The predicted molar refractivity (Wildman–Crippen MR) is 90.2 cm³/mol. The molecule has 0 radical (unpaired) electrons. The molecule has 3 N–H and O–H groups in total. The molecule has 0 bridgehead atoms. The molecular formula is C18H25N3. The third kappa shape index (κ3) is 4.59. The van der Waals surface area contributed by atoms with Crippen molar-refractivity contribution in [3.8, 4) is 0 Å². The van der Waals surface area contributed by atoms with Crippen LogP contribution in [-0.4, -0.2) is 14.1 Å².